The van der Waals surface area contributed by atoms with Crippen LogP contribution in [0.2, 0.25) is 5.02 Å². The highest BCUT2D eigenvalue weighted by Gasteiger charge is 2.32. The largest absolute Gasteiger partial charge is 0.344 e. The van der Waals surface area contributed by atoms with Crippen molar-refractivity contribution in [1.29, 1.82) is 0 Å². The minimum absolute atomic E-state index is 0.00816. The molecule has 9 nitrogen and oxygen atoms in total. The van der Waals surface area contributed by atoms with Crippen LogP contribution in [0.3, 0.4) is 0 Å². The summed E-state index contributed by atoms with van der Waals surface area (Å²) in [6, 6.07) is 10.4. The summed E-state index contributed by atoms with van der Waals surface area (Å²) in [5, 5.41) is 8.73. The van der Waals surface area contributed by atoms with Gasteiger partial charge in [0.2, 0.25) is 17.6 Å². The molecule has 1 heterocycles. The monoisotopic (exact) mass is 681 g/mol. The zero-order valence-electron chi connectivity index (χ0n) is 25.1. The van der Waals surface area contributed by atoms with Crippen LogP contribution in [0.15, 0.2) is 53.4 Å². The van der Waals surface area contributed by atoms with Crippen molar-refractivity contribution in [3.8, 4) is 0 Å². The molecule has 3 atom stereocenters. The van der Waals surface area contributed by atoms with Crippen molar-refractivity contribution in [3.05, 3.63) is 64.7 Å². The number of carbonyl (C=O) groups excluding carboxylic acids is 4. The second-order valence-electron chi connectivity index (χ2n) is 11.2. The molecule has 13 heteroatoms. The van der Waals surface area contributed by atoms with Crippen LogP contribution in [0.1, 0.15) is 57.1 Å². The van der Waals surface area contributed by atoms with E-state index in [1.807, 2.05) is 28.5 Å². The lowest BCUT2D eigenvalue weighted by atomic mass is 9.99. The predicted molar refractivity (Wildman–Crippen MR) is 177 cm³/mol. The first-order chi connectivity index (χ1) is 20.9. The molecule has 0 spiro atoms. The maximum absolute atomic E-state index is 13.4. The summed E-state index contributed by atoms with van der Waals surface area (Å²) in [5.74, 6) is -2.95. The topological polar surface area (TPSA) is 139 Å². The number of unbranched alkanes of at least 4 members (excludes halogenated alkanes) is 1. The summed E-state index contributed by atoms with van der Waals surface area (Å²) in [7, 11) is -0.117. The van der Waals surface area contributed by atoms with E-state index >= 15 is 0 Å². The van der Waals surface area contributed by atoms with Crippen molar-refractivity contribution in [3.63, 3.8) is 0 Å². The van der Waals surface area contributed by atoms with Crippen molar-refractivity contribution in [2.45, 2.75) is 81.5 Å². The highest BCUT2D eigenvalue weighted by atomic mass is 35.5. The van der Waals surface area contributed by atoms with Crippen LogP contribution in [-0.2, 0) is 35.4 Å². The maximum atomic E-state index is 13.4. The van der Waals surface area contributed by atoms with E-state index in [-0.39, 0.29) is 29.6 Å². The molecule has 3 N–H and O–H groups in total. The lowest BCUT2D eigenvalue weighted by Gasteiger charge is -2.25. The normalized spacial score (nSPS) is 16.2. The fourth-order valence-corrected chi connectivity index (χ4v) is 8.76. The second-order valence-corrected chi connectivity index (χ2v) is 16.4. The Hall–Kier alpha value is -2.54. The number of aryl methyl sites for hydroxylation is 1. The molecular weight excluding hydrogens is 642 g/mol. The molecule has 1 unspecified atom stereocenters. The fourth-order valence-electron chi connectivity index (χ4n) is 4.56. The lowest BCUT2D eigenvalue weighted by molar-refractivity contribution is -0.140. The first-order valence-corrected chi connectivity index (χ1v) is 19.0. The summed E-state index contributed by atoms with van der Waals surface area (Å²) in [6.45, 7) is 5.37. The van der Waals surface area contributed by atoms with E-state index in [1.165, 1.54) is 18.6 Å². The zero-order chi connectivity index (χ0) is 32.3. The van der Waals surface area contributed by atoms with Gasteiger partial charge in [-0.05, 0) is 61.9 Å². The number of nitrogens with one attached hydrogen (secondary N) is 3. The van der Waals surface area contributed by atoms with Crippen LogP contribution in [0.4, 0.5) is 0 Å². The molecule has 2 aromatic carbocycles. The zero-order valence-corrected chi connectivity index (χ0v) is 28.3. The Labute approximate surface area is 272 Å². The van der Waals surface area contributed by atoms with Crippen molar-refractivity contribution in [1.82, 2.24) is 16.0 Å². The molecule has 3 amide bonds. The van der Waals surface area contributed by atoms with Gasteiger partial charge in [-0.2, -0.15) is 0 Å². The molecule has 0 radical (unpaired) electrons. The number of sulfone groups is 1. The third-order valence-electron chi connectivity index (χ3n) is 7.19. The Kier molecular flexibility index (Phi) is 14.1. The predicted octanol–water partition coefficient (Wildman–Crippen LogP) is 4.65. The van der Waals surface area contributed by atoms with E-state index in [0.29, 0.717) is 22.3 Å². The Bertz CT molecular complexity index is 1400. The Balaban J connectivity index is 1.65. The molecular formula is C31H40ClN3O6S3. The quantitative estimate of drug-likeness (QED) is 0.132. The summed E-state index contributed by atoms with van der Waals surface area (Å²) < 4.78 is 25.4. The molecule has 1 aliphatic rings. The van der Waals surface area contributed by atoms with Crippen LogP contribution in [0, 0.1) is 12.8 Å². The van der Waals surface area contributed by atoms with Gasteiger partial charge in [0.25, 0.3) is 5.91 Å². The van der Waals surface area contributed by atoms with Gasteiger partial charge < -0.3 is 16.0 Å². The van der Waals surface area contributed by atoms with Crippen molar-refractivity contribution in [2.75, 3.05) is 11.6 Å². The number of carbonyl (C=O) groups is 4. The number of hydrogen-bond donors (Lipinski definition) is 3. The Morgan fingerprint density at radius 1 is 0.977 bits per heavy atom. The minimum atomic E-state index is -3.91. The minimum Gasteiger partial charge on any atom is -0.344 e. The molecule has 0 aliphatic carbocycles. The van der Waals surface area contributed by atoms with Gasteiger partial charge in [0.05, 0.1) is 4.90 Å². The van der Waals surface area contributed by atoms with E-state index in [4.69, 9.17) is 11.6 Å². The molecule has 0 saturated carbocycles. The van der Waals surface area contributed by atoms with Crippen LogP contribution >= 0.6 is 33.2 Å². The molecule has 1 aliphatic heterocycles. The summed E-state index contributed by atoms with van der Waals surface area (Å²) in [4.78, 5) is 52.3. The third kappa shape index (κ3) is 11.4. The van der Waals surface area contributed by atoms with E-state index in [2.05, 4.69) is 16.0 Å². The molecule has 240 valence electrons. The van der Waals surface area contributed by atoms with Gasteiger partial charge in [0.1, 0.15) is 18.0 Å². The van der Waals surface area contributed by atoms with E-state index in [9.17, 15) is 27.6 Å². The maximum Gasteiger partial charge on any atom is 0.290 e. The number of hydrogen-bond acceptors (Lipinski definition) is 8. The SMILES string of the molecule is Cc1ccc(S(=O)(=O)CNC(=O)C(=O)[C@H](Cc2ccc(Cl)cc2)NC(=O)[C@@H](NC(=O)CCCCC2CCSS2)C(C)C)cc1. The van der Waals surface area contributed by atoms with Crippen molar-refractivity contribution in [2.24, 2.45) is 5.92 Å². The fraction of sp³-hybridized carbons (Fsp3) is 0.484. The lowest BCUT2D eigenvalue weighted by Crippen LogP contribution is -2.56. The first kappa shape index (κ1) is 35.9. The Morgan fingerprint density at radius 3 is 2.27 bits per heavy atom. The second kappa shape index (κ2) is 17.2. The number of Topliss-reactive ketones (excluding diaryl/α,β-unsaturated/α-hetero) is 1. The van der Waals surface area contributed by atoms with Crippen LogP contribution in [0.5, 0.6) is 0 Å². The molecule has 2 aromatic rings. The van der Waals surface area contributed by atoms with Gasteiger partial charge >= 0.3 is 0 Å². The van der Waals surface area contributed by atoms with E-state index in [0.717, 1.165) is 24.2 Å². The number of ketones is 1. The number of rotatable bonds is 16. The smallest absolute Gasteiger partial charge is 0.290 e. The summed E-state index contributed by atoms with van der Waals surface area (Å²) in [5.41, 5.74) is 1.50. The molecule has 44 heavy (non-hydrogen) atoms. The average molecular weight is 682 g/mol. The number of benzene rings is 2. The van der Waals surface area contributed by atoms with Crippen molar-refractivity contribution >= 4 is 66.5 Å². The molecule has 0 aromatic heterocycles. The highest BCUT2D eigenvalue weighted by Crippen LogP contribution is 2.39. The molecule has 1 saturated heterocycles. The number of amides is 3. The van der Waals surface area contributed by atoms with Gasteiger partial charge in [-0.25, -0.2) is 8.42 Å². The molecule has 0 bridgehead atoms. The van der Waals surface area contributed by atoms with E-state index in [1.54, 1.807) is 50.2 Å². The third-order valence-corrected chi connectivity index (χ3v) is 12.0. The van der Waals surface area contributed by atoms with E-state index < -0.39 is 45.4 Å². The van der Waals surface area contributed by atoms with Crippen LogP contribution in [0.25, 0.3) is 0 Å². The molecule has 1 fully saturated rings. The first-order valence-electron chi connectivity index (χ1n) is 14.6. The standard InChI is InChI=1S/C31H40ClN3O6S3/c1-20(2)28(35-27(36)7-5-4-6-24-16-17-42-43-24)30(38)34-26(18-22-10-12-23(32)13-11-22)29(37)31(39)33-19-44(40,41)25-14-8-21(3)9-15-25/h8-15,20,24,26,28H,4-7,16-19H2,1-3H3,(H,33,39)(H,34,38)(H,35,36)/t24?,26-,28-/m0/s1. The Morgan fingerprint density at radius 2 is 1.66 bits per heavy atom. The van der Waals surface area contributed by atoms with Gasteiger partial charge in [0, 0.05) is 28.9 Å². The van der Waals surface area contributed by atoms with Gasteiger partial charge in [0.15, 0.2) is 9.84 Å². The highest BCUT2D eigenvalue weighted by molar-refractivity contribution is 8.77. The molecule has 3 rings (SSSR count). The van der Waals surface area contributed by atoms with Crippen LogP contribution < -0.4 is 16.0 Å². The average Bonchev–Trinajstić information content (AvgIpc) is 3.51. The van der Waals surface area contributed by atoms with Gasteiger partial charge in [-0.15, -0.1) is 0 Å². The summed E-state index contributed by atoms with van der Waals surface area (Å²) >= 11 is 5.99. The summed E-state index contributed by atoms with van der Waals surface area (Å²) in [6.07, 6.45) is 4.12. The van der Waals surface area contributed by atoms with Crippen molar-refractivity contribution < 1.29 is 27.6 Å². The van der Waals surface area contributed by atoms with Gasteiger partial charge in [-0.3, -0.25) is 19.2 Å². The number of halogens is 1. The van der Waals surface area contributed by atoms with Crippen LogP contribution in [-0.4, -0.2) is 60.9 Å². The van der Waals surface area contributed by atoms with Gasteiger partial charge in [-0.1, -0.05) is 83.3 Å².